The van der Waals surface area contributed by atoms with Crippen LogP contribution in [-0.4, -0.2) is 35.6 Å². The highest BCUT2D eigenvalue weighted by Crippen LogP contribution is 2.28. The molecule has 4 nitrogen and oxygen atoms in total. The van der Waals surface area contributed by atoms with Crippen LogP contribution in [0.1, 0.15) is 33.8 Å². The van der Waals surface area contributed by atoms with Gasteiger partial charge in [-0.15, -0.1) is 11.3 Å². The van der Waals surface area contributed by atoms with Crippen LogP contribution < -0.4 is 5.32 Å². The fourth-order valence-electron chi connectivity index (χ4n) is 3.24. The molecule has 1 aromatic carbocycles. The molecule has 1 aliphatic rings. The lowest BCUT2D eigenvalue weighted by Crippen LogP contribution is -2.43. The summed E-state index contributed by atoms with van der Waals surface area (Å²) in [7, 11) is 0. The van der Waals surface area contributed by atoms with E-state index in [1.807, 2.05) is 12.1 Å². The minimum atomic E-state index is -0.0888. The lowest BCUT2D eigenvalue weighted by molar-refractivity contribution is -0.123. The topological polar surface area (TPSA) is 52.6 Å². The monoisotopic (exact) mass is 344 g/mol. The summed E-state index contributed by atoms with van der Waals surface area (Å²) in [5, 5.41) is 12.8. The molecule has 0 bridgehead atoms. The van der Waals surface area contributed by atoms with Gasteiger partial charge in [0, 0.05) is 16.3 Å². The number of nitrogens with zero attached hydrogens (tertiary/aromatic N) is 1. The van der Waals surface area contributed by atoms with Crippen LogP contribution in [-0.2, 0) is 24.2 Å². The standard InChI is InChI=1S/C19H24N2O2S/c1-2-15-7-8-16(24-15)11-20-19(23)12-21-10-9-14-5-3-4-6-17(14)18(21)13-22/h3-8,18,22H,2,9-13H2,1H3,(H,20,23). The molecule has 1 amide bonds. The molecule has 2 heterocycles. The first kappa shape index (κ1) is 17.1. The van der Waals surface area contributed by atoms with Gasteiger partial charge in [0.25, 0.3) is 0 Å². The van der Waals surface area contributed by atoms with Crippen molar-refractivity contribution in [2.45, 2.75) is 32.4 Å². The molecule has 5 heteroatoms. The van der Waals surface area contributed by atoms with Crippen molar-refractivity contribution in [2.24, 2.45) is 0 Å². The van der Waals surface area contributed by atoms with E-state index in [0.717, 1.165) is 24.9 Å². The quantitative estimate of drug-likeness (QED) is 0.847. The van der Waals surface area contributed by atoms with Crippen molar-refractivity contribution < 1.29 is 9.90 Å². The van der Waals surface area contributed by atoms with Crippen LogP contribution in [0.3, 0.4) is 0 Å². The molecule has 0 saturated carbocycles. The van der Waals surface area contributed by atoms with Crippen LogP contribution in [0.25, 0.3) is 0 Å². The molecule has 24 heavy (non-hydrogen) atoms. The number of amides is 1. The zero-order valence-electron chi connectivity index (χ0n) is 14.0. The number of rotatable bonds is 6. The Kier molecular flexibility index (Phi) is 5.66. The molecule has 1 aromatic heterocycles. The first-order valence-electron chi connectivity index (χ1n) is 8.48. The van der Waals surface area contributed by atoms with Crippen molar-refractivity contribution in [3.05, 3.63) is 57.3 Å². The lowest BCUT2D eigenvalue weighted by Gasteiger charge is -2.35. The predicted molar refractivity (Wildman–Crippen MR) is 97.1 cm³/mol. The van der Waals surface area contributed by atoms with E-state index in [-0.39, 0.29) is 18.6 Å². The summed E-state index contributed by atoms with van der Waals surface area (Å²) < 4.78 is 0. The van der Waals surface area contributed by atoms with Crippen molar-refractivity contribution in [1.29, 1.82) is 0 Å². The zero-order valence-corrected chi connectivity index (χ0v) is 14.8. The third-order valence-electron chi connectivity index (χ3n) is 4.57. The summed E-state index contributed by atoms with van der Waals surface area (Å²) in [5.74, 6) is 0.0132. The SMILES string of the molecule is CCc1ccc(CNC(=O)CN2CCc3ccccc3C2CO)s1. The van der Waals surface area contributed by atoms with Crippen molar-refractivity contribution in [1.82, 2.24) is 10.2 Å². The molecule has 2 aromatic rings. The number of aliphatic hydroxyl groups is 1. The molecule has 128 valence electrons. The van der Waals surface area contributed by atoms with Crippen molar-refractivity contribution in [3.8, 4) is 0 Å². The fourth-order valence-corrected chi connectivity index (χ4v) is 4.14. The molecule has 2 N–H and O–H groups in total. The molecule has 1 atom stereocenters. The van der Waals surface area contributed by atoms with Gasteiger partial charge in [-0.05, 0) is 36.1 Å². The van der Waals surface area contributed by atoms with Crippen LogP contribution >= 0.6 is 11.3 Å². The Labute approximate surface area is 147 Å². The van der Waals surface area contributed by atoms with E-state index < -0.39 is 0 Å². The maximum Gasteiger partial charge on any atom is 0.234 e. The predicted octanol–water partition coefficient (Wildman–Crippen LogP) is 2.52. The van der Waals surface area contributed by atoms with Gasteiger partial charge < -0.3 is 10.4 Å². The van der Waals surface area contributed by atoms with Gasteiger partial charge >= 0.3 is 0 Å². The summed E-state index contributed by atoms with van der Waals surface area (Å²) in [6, 6.07) is 12.3. The minimum Gasteiger partial charge on any atom is -0.394 e. The summed E-state index contributed by atoms with van der Waals surface area (Å²) in [5.41, 5.74) is 2.42. The number of nitrogens with one attached hydrogen (secondary N) is 1. The van der Waals surface area contributed by atoms with Crippen molar-refractivity contribution in [3.63, 3.8) is 0 Å². The molecule has 0 aliphatic carbocycles. The van der Waals surface area contributed by atoms with Gasteiger partial charge in [-0.2, -0.15) is 0 Å². The first-order chi connectivity index (χ1) is 11.7. The third kappa shape index (κ3) is 3.86. The van der Waals surface area contributed by atoms with Crippen LogP contribution in [0.2, 0.25) is 0 Å². The summed E-state index contributed by atoms with van der Waals surface area (Å²) in [4.78, 5) is 16.9. The number of hydrogen-bond donors (Lipinski definition) is 2. The summed E-state index contributed by atoms with van der Waals surface area (Å²) >= 11 is 1.75. The normalized spacial score (nSPS) is 17.5. The Balaban J connectivity index is 1.58. The number of carbonyl (C=O) groups is 1. The molecule has 0 saturated heterocycles. The van der Waals surface area contributed by atoms with Gasteiger partial charge in [-0.1, -0.05) is 31.2 Å². The average Bonchev–Trinajstić information content (AvgIpc) is 3.08. The molecular formula is C19H24N2O2S. The minimum absolute atomic E-state index is 0.0132. The van der Waals surface area contributed by atoms with E-state index in [1.54, 1.807) is 11.3 Å². The van der Waals surface area contributed by atoms with Gasteiger partial charge in [0.1, 0.15) is 0 Å². The van der Waals surface area contributed by atoms with Crippen molar-refractivity contribution >= 4 is 17.2 Å². The summed E-state index contributed by atoms with van der Waals surface area (Å²) in [6.45, 7) is 3.88. The van der Waals surface area contributed by atoms with E-state index in [2.05, 4.69) is 41.4 Å². The van der Waals surface area contributed by atoms with E-state index in [4.69, 9.17) is 0 Å². The van der Waals surface area contributed by atoms with Gasteiger partial charge in [-0.3, -0.25) is 9.69 Å². The average molecular weight is 344 g/mol. The van der Waals surface area contributed by atoms with Gasteiger partial charge in [-0.25, -0.2) is 0 Å². The molecule has 1 unspecified atom stereocenters. The smallest absolute Gasteiger partial charge is 0.234 e. The van der Waals surface area contributed by atoms with Crippen LogP contribution in [0.5, 0.6) is 0 Å². The maximum absolute atomic E-state index is 12.3. The molecule has 0 fully saturated rings. The summed E-state index contributed by atoms with van der Waals surface area (Å²) in [6.07, 6.45) is 1.95. The number of benzene rings is 1. The highest BCUT2D eigenvalue weighted by molar-refractivity contribution is 7.11. The Hall–Kier alpha value is -1.69. The fraction of sp³-hybridized carbons (Fsp3) is 0.421. The second-order valence-electron chi connectivity index (χ2n) is 6.12. The number of aliphatic hydroxyl groups excluding tert-OH is 1. The lowest BCUT2D eigenvalue weighted by atomic mass is 9.93. The molecular weight excluding hydrogens is 320 g/mol. The van der Waals surface area contributed by atoms with Crippen molar-refractivity contribution in [2.75, 3.05) is 19.7 Å². The zero-order chi connectivity index (χ0) is 16.9. The number of carbonyl (C=O) groups excluding carboxylic acids is 1. The molecule has 0 radical (unpaired) electrons. The Morgan fingerprint density at radius 2 is 2.08 bits per heavy atom. The second kappa shape index (κ2) is 7.92. The molecule has 0 spiro atoms. The van der Waals surface area contributed by atoms with Gasteiger partial charge in [0.15, 0.2) is 0 Å². The Bertz CT molecular complexity index is 698. The molecule has 3 rings (SSSR count). The van der Waals surface area contributed by atoms with Gasteiger partial charge in [0.2, 0.25) is 5.91 Å². The van der Waals surface area contributed by atoms with Crippen LogP contribution in [0, 0.1) is 0 Å². The van der Waals surface area contributed by atoms with Crippen LogP contribution in [0.15, 0.2) is 36.4 Å². The number of thiophene rings is 1. The van der Waals surface area contributed by atoms with Gasteiger partial charge in [0.05, 0.1) is 25.7 Å². The van der Waals surface area contributed by atoms with E-state index in [0.29, 0.717) is 13.1 Å². The Morgan fingerprint density at radius 1 is 1.29 bits per heavy atom. The van der Waals surface area contributed by atoms with E-state index in [1.165, 1.54) is 15.3 Å². The molecule has 1 aliphatic heterocycles. The highest BCUT2D eigenvalue weighted by Gasteiger charge is 2.27. The highest BCUT2D eigenvalue weighted by atomic mass is 32.1. The van der Waals surface area contributed by atoms with E-state index >= 15 is 0 Å². The number of fused-ring (bicyclic) bond motifs is 1. The first-order valence-corrected chi connectivity index (χ1v) is 9.30. The third-order valence-corrected chi connectivity index (χ3v) is 5.80. The van der Waals surface area contributed by atoms with Crippen LogP contribution in [0.4, 0.5) is 0 Å². The second-order valence-corrected chi connectivity index (χ2v) is 7.37. The van der Waals surface area contributed by atoms with E-state index in [9.17, 15) is 9.90 Å². The number of hydrogen-bond acceptors (Lipinski definition) is 4. The largest absolute Gasteiger partial charge is 0.394 e. The maximum atomic E-state index is 12.3. The number of aryl methyl sites for hydroxylation is 1. The Morgan fingerprint density at radius 3 is 2.83 bits per heavy atom.